The molecule has 0 amide bonds. The zero-order chi connectivity index (χ0) is 24.6. The van der Waals surface area contributed by atoms with Crippen LogP contribution in [-0.4, -0.2) is 24.3 Å². The van der Waals surface area contributed by atoms with Crippen LogP contribution in [0.25, 0.3) is 0 Å². The van der Waals surface area contributed by atoms with E-state index in [0.717, 1.165) is 54.1 Å². The van der Waals surface area contributed by atoms with Gasteiger partial charge in [0.1, 0.15) is 23.1 Å². The molecular formula is C27H33N7O. The number of nitrogens with one attached hydrogen (secondary N) is 1. The number of benzene rings is 2. The number of anilines is 3. The molecule has 4 rings (SSSR count). The highest BCUT2D eigenvalue weighted by Crippen LogP contribution is 2.30. The molecule has 182 valence electrons. The van der Waals surface area contributed by atoms with Crippen molar-refractivity contribution in [1.29, 1.82) is 0 Å². The number of nitrogens with two attached hydrogens (primary N) is 4. The molecule has 1 fully saturated rings. The zero-order valence-electron chi connectivity index (χ0n) is 19.8. The number of hydrogen-bond acceptors (Lipinski definition) is 8. The summed E-state index contributed by atoms with van der Waals surface area (Å²) in [7, 11) is 0. The van der Waals surface area contributed by atoms with Crippen molar-refractivity contribution in [2.45, 2.75) is 31.7 Å². The van der Waals surface area contributed by atoms with E-state index < -0.39 is 0 Å². The van der Waals surface area contributed by atoms with Crippen molar-refractivity contribution >= 4 is 23.5 Å². The average Bonchev–Trinajstić information content (AvgIpc) is 2.87. The van der Waals surface area contributed by atoms with E-state index in [0.29, 0.717) is 30.4 Å². The number of nitrogen functional groups attached to an aromatic ring is 3. The first-order chi connectivity index (χ1) is 17.0. The van der Waals surface area contributed by atoms with Crippen LogP contribution in [0.3, 0.4) is 0 Å². The Balaban J connectivity index is 1.39. The average molecular weight is 472 g/mol. The molecule has 0 bridgehead atoms. The van der Waals surface area contributed by atoms with E-state index in [1.54, 1.807) is 12.3 Å². The summed E-state index contributed by atoms with van der Waals surface area (Å²) in [4.78, 5) is 8.52. The fourth-order valence-electron chi connectivity index (χ4n) is 4.27. The van der Waals surface area contributed by atoms with Crippen molar-refractivity contribution in [3.8, 4) is 11.5 Å². The summed E-state index contributed by atoms with van der Waals surface area (Å²) in [5.41, 5.74) is 27.8. The van der Waals surface area contributed by atoms with Gasteiger partial charge in [-0.05, 0) is 90.6 Å². The van der Waals surface area contributed by atoms with Crippen LogP contribution in [0.2, 0.25) is 0 Å². The van der Waals surface area contributed by atoms with Crippen LogP contribution in [-0.2, 0) is 13.0 Å². The highest BCUT2D eigenvalue weighted by molar-refractivity contribution is 5.80. The van der Waals surface area contributed by atoms with Crippen LogP contribution in [0, 0.1) is 0 Å². The molecule has 1 aliphatic heterocycles. The third-order valence-electron chi connectivity index (χ3n) is 6.14. The molecule has 0 atom stereocenters. The molecule has 3 aromatic rings. The van der Waals surface area contributed by atoms with Crippen molar-refractivity contribution in [3.05, 3.63) is 83.1 Å². The fourth-order valence-corrected chi connectivity index (χ4v) is 4.27. The van der Waals surface area contributed by atoms with Crippen LogP contribution in [0.15, 0.2) is 71.4 Å². The first-order valence-electron chi connectivity index (χ1n) is 11.8. The monoisotopic (exact) mass is 471 g/mol. The third kappa shape index (κ3) is 6.51. The van der Waals surface area contributed by atoms with Crippen LogP contribution in [0.1, 0.15) is 35.4 Å². The molecule has 8 heteroatoms. The Morgan fingerprint density at radius 2 is 1.77 bits per heavy atom. The number of hydrogen-bond donors (Lipinski definition) is 5. The quantitative estimate of drug-likeness (QED) is 0.314. The lowest BCUT2D eigenvalue weighted by Crippen LogP contribution is -2.26. The Bertz CT molecular complexity index is 1220. The molecule has 2 aromatic carbocycles. The van der Waals surface area contributed by atoms with Crippen molar-refractivity contribution in [1.82, 2.24) is 10.3 Å². The maximum atomic E-state index is 6.17. The lowest BCUT2D eigenvalue weighted by Gasteiger charge is -2.23. The molecular weight excluding hydrogens is 438 g/mol. The Morgan fingerprint density at radius 1 is 1.03 bits per heavy atom. The number of rotatable bonds is 8. The number of allylic oxidation sites excluding steroid dienone is 1. The van der Waals surface area contributed by atoms with Gasteiger partial charge >= 0.3 is 0 Å². The van der Waals surface area contributed by atoms with E-state index in [9.17, 15) is 0 Å². The molecule has 0 unspecified atom stereocenters. The lowest BCUT2D eigenvalue weighted by molar-refractivity contribution is 0.454. The van der Waals surface area contributed by atoms with Crippen molar-refractivity contribution in [2.24, 2.45) is 10.7 Å². The highest BCUT2D eigenvalue weighted by atomic mass is 16.5. The second-order valence-electron chi connectivity index (χ2n) is 8.74. The maximum absolute atomic E-state index is 6.17. The second kappa shape index (κ2) is 11.4. The lowest BCUT2D eigenvalue weighted by atomic mass is 9.90. The van der Waals surface area contributed by atoms with Gasteiger partial charge in [-0.15, -0.1) is 0 Å². The van der Waals surface area contributed by atoms with Gasteiger partial charge in [0.25, 0.3) is 0 Å². The van der Waals surface area contributed by atoms with E-state index in [2.05, 4.69) is 33.5 Å². The number of aliphatic imine (C=N–C) groups is 1. The van der Waals surface area contributed by atoms with Crippen LogP contribution in [0.5, 0.6) is 11.5 Å². The minimum Gasteiger partial charge on any atom is -0.457 e. The van der Waals surface area contributed by atoms with Crippen LogP contribution in [0.4, 0.5) is 17.3 Å². The summed E-state index contributed by atoms with van der Waals surface area (Å²) >= 11 is 0. The molecule has 0 saturated carbocycles. The molecule has 9 N–H and O–H groups in total. The van der Waals surface area contributed by atoms with Gasteiger partial charge in [0.05, 0.1) is 12.2 Å². The number of piperidine rings is 1. The van der Waals surface area contributed by atoms with Gasteiger partial charge in [0.15, 0.2) is 0 Å². The molecule has 0 spiro atoms. The van der Waals surface area contributed by atoms with E-state index in [1.807, 2.05) is 30.3 Å². The summed E-state index contributed by atoms with van der Waals surface area (Å²) in [5.74, 6) is 2.75. The van der Waals surface area contributed by atoms with E-state index in [-0.39, 0.29) is 5.82 Å². The molecule has 0 aliphatic carbocycles. The SMILES string of the molecule is NC=C(C=NCc1cccc(Oc2cccc(C3CCNCC3)c2)c1)Cc1cc(N)nc(N)c1N. The first kappa shape index (κ1) is 24.1. The third-order valence-corrected chi connectivity index (χ3v) is 6.14. The number of nitrogens with zero attached hydrogens (tertiary/aromatic N) is 2. The molecule has 2 heterocycles. The van der Waals surface area contributed by atoms with Crippen molar-refractivity contribution < 1.29 is 4.74 Å². The van der Waals surface area contributed by atoms with E-state index in [1.165, 1.54) is 11.8 Å². The number of aromatic nitrogens is 1. The standard InChI is InChI=1S/C27H33N7O/c28-15-19(11-22-14-25(29)34-27(31)26(22)30)17-33-16-18-3-1-5-23(12-18)35-24-6-2-4-21(13-24)20-7-9-32-10-8-20/h1-6,12-15,17,20,32H,7-11,16,28,30H2,(H4,29,31,34). The summed E-state index contributed by atoms with van der Waals surface area (Å²) < 4.78 is 6.17. The van der Waals surface area contributed by atoms with Gasteiger partial charge in [-0.2, -0.15) is 0 Å². The molecule has 1 aliphatic rings. The smallest absolute Gasteiger partial charge is 0.149 e. The normalized spacial score (nSPS) is 14.9. The van der Waals surface area contributed by atoms with Gasteiger partial charge in [0, 0.05) is 12.6 Å². The van der Waals surface area contributed by atoms with Gasteiger partial charge < -0.3 is 33.0 Å². The molecule has 8 nitrogen and oxygen atoms in total. The minimum absolute atomic E-state index is 0.214. The summed E-state index contributed by atoms with van der Waals surface area (Å²) in [6.07, 6.45) is 6.02. The van der Waals surface area contributed by atoms with Crippen molar-refractivity contribution in [3.63, 3.8) is 0 Å². The van der Waals surface area contributed by atoms with Gasteiger partial charge in [-0.1, -0.05) is 24.3 Å². The topological polar surface area (TPSA) is 151 Å². The minimum atomic E-state index is 0.214. The Hall–Kier alpha value is -4.04. The Labute approximate surface area is 206 Å². The van der Waals surface area contributed by atoms with E-state index in [4.69, 9.17) is 27.7 Å². The van der Waals surface area contributed by atoms with Gasteiger partial charge in [-0.25, -0.2) is 4.98 Å². The van der Waals surface area contributed by atoms with Crippen LogP contribution >= 0.6 is 0 Å². The maximum Gasteiger partial charge on any atom is 0.149 e. The van der Waals surface area contributed by atoms with E-state index >= 15 is 0 Å². The zero-order valence-corrected chi connectivity index (χ0v) is 19.8. The summed E-state index contributed by atoms with van der Waals surface area (Å²) in [6.45, 7) is 2.62. The van der Waals surface area contributed by atoms with Crippen LogP contribution < -0.4 is 33.0 Å². The van der Waals surface area contributed by atoms with Gasteiger partial charge in [-0.3, -0.25) is 4.99 Å². The molecule has 0 radical (unpaired) electrons. The second-order valence-corrected chi connectivity index (χ2v) is 8.74. The Morgan fingerprint density at radius 3 is 2.54 bits per heavy atom. The number of pyridine rings is 1. The first-order valence-corrected chi connectivity index (χ1v) is 11.8. The van der Waals surface area contributed by atoms with Gasteiger partial charge in [0.2, 0.25) is 0 Å². The fraction of sp³-hybridized carbons (Fsp3) is 0.259. The predicted molar refractivity (Wildman–Crippen MR) is 143 cm³/mol. The predicted octanol–water partition coefficient (Wildman–Crippen LogP) is 3.74. The molecule has 1 saturated heterocycles. The Kier molecular flexibility index (Phi) is 7.84. The summed E-state index contributed by atoms with van der Waals surface area (Å²) in [6, 6.07) is 18.1. The molecule has 35 heavy (non-hydrogen) atoms. The number of ether oxygens (including phenoxy) is 1. The molecule has 1 aromatic heterocycles. The van der Waals surface area contributed by atoms with Crippen molar-refractivity contribution in [2.75, 3.05) is 30.3 Å². The highest BCUT2D eigenvalue weighted by Gasteiger charge is 2.15. The summed E-state index contributed by atoms with van der Waals surface area (Å²) in [5, 5.41) is 3.42. The largest absolute Gasteiger partial charge is 0.457 e.